The van der Waals surface area contributed by atoms with E-state index in [1.54, 1.807) is 31.2 Å². The van der Waals surface area contributed by atoms with E-state index in [0.717, 1.165) is 0 Å². The molecule has 0 fully saturated rings. The number of sulfonamides is 1. The Kier molecular flexibility index (Phi) is 4.91. The van der Waals surface area contributed by atoms with E-state index in [2.05, 4.69) is 16.6 Å². The molecule has 1 aromatic carbocycles. The summed E-state index contributed by atoms with van der Waals surface area (Å²) in [4.78, 5) is 11.7. The van der Waals surface area contributed by atoms with Crippen molar-refractivity contribution in [3.8, 4) is 0 Å². The van der Waals surface area contributed by atoms with Gasteiger partial charge in [-0.05, 0) is 25.1 Å². The first-order valence-corrected chi connectivity index (χ1v) is 7.13. The summed E-state index contributed by atoms with van der Waals surface area (Å²) < 4.78 is 25.2. The number of hydrogen-bond donors (Lipinski definition) is 2. The Bertz CT molecular complexity index is 538. The molecule has 0 atom stereocenters. The molecule has 0 heterocycles. The van der Waals surface area contributed by atoms with Crippen molar-refractivity contribution in [1.29, 1.82) is 0 Å². The van der Waals surface area contributed by atoms with Crippen LogP contribution in [0.2, 0.25) is 0 Å². The van der Waals surface area contributed by atoms with Crippen LogP contribution in [0.4, 0.5) is 5.69 Å². The average Bonchev–Trinajstić information content (AvgIpc) is 2.35. The first-order valence-electron chi connectivity index (χ1n) is 5.48. The minimum absolute atomic E-state index is 0.0140. The Labute approximate surface area is 107 Å². The molecule has 0 unspecified atom stereocenters. The molecular weight excluding hydrogens is 252 g/mol. The van der Waals surface area contributed by atoms with Crippen molar-refractivity contribution in [3.05, 3.63) is 42.5 Å². The molecule has 0 aliphatic rings. The third-order valence-corrected chi connectivity index (χ3v) is 3.49. The minimum Gasteiger partial charge on any atom is -0.349 e. The van der Waals surface area contributed by atoms with Crippen LogP contribution in [0, 0.1) is 0 Å². The molecule has 0 saturated heterocycles. The van der Waals surface area contributed by atoms with Gasteiger partial charge in [-0.1, -0.05) is 12.1 Å². The van der Waals surface area contributed by atoms with E-state index in [0.29, 0.717) is 17.8 Å². The number of anilines is 1. The van der Waals surface area contributed by atoms with Gasteiger partial charge in [-0.3, -0.25) is 9.52 Å². The van der Waals surface area contributed by atoms with Crippen LogP contribution in [0.3, 0.4) is 0 Å². The van der Waals surface area contributed by atoms with Crippen molar-refractivity contribution in [2.24, 2.45) is 0 Å². The third-order valence-electron chi connectivity index (χ3n) is 2.19. The van der Waals surface area contributed by atoms with E-state index in [1.807, 2.05) is 0 Å². The molecular formula is C12H16N2O3S. The predicted octanol–water partition coefficient (Wildman–Crippen LogP) is 1.36. The van der Waals surface area contributed by atoms with Gasteiger partial charge in [0.05, 0.1) is 5.75 Å². The Morgan fingerprint density at radius 1 is 1.44 bits per heavy atom. The molecule has 0 aromatic heterocycles. The lowest BCUT2D eigenvalue weighted by Gasteiger charge is -2.08. The Morgan fingerprint density at radius 2 is 2.17 bits per heavy atom. The second-order valence-electron chi connectivity index (χ2n) is 3.58. The second kappa shape index (κ2) is 6.20. The van der Waals surface area contributed by atoms with Gasteiger partial charge in [0.25, 0.3) is 5.91 Å². The first-order chi connectivity index (χ1) is 8.48. The SMILES string of the molecule is C=CCNC(=O)c1cccc(NS(=O)(=O)CC)c1. The molecule has 18 heavy (non-hydrogen) atoms. The third kappa shape index (κ3) is 4.21. The van der Waals surface area contributed by atoms with E-state index in [1.165, 1.54) is 6.07 Å². The molecule has 0 radical (unpaired) electrons. The fourth-order valence-corrected chi connectivity index (χ4v) is 1.87. The Morgan fingerprint density at radius 3 is 2.78 bits per heavy atom. The summed E-state index contributed by atoms with van der Waals surface area (Å²) in [6.07, 6.45) is 1.57. The van der Waals surface area contributed by atoms with Crippen molar-refractivity contribution in [3.63, 3.8) is 0 Å². The lowest BCUT2D eigenvalue weighted by molar-refractivity contribution is 0.0958. The summed E-state index contributed by atoms with van der Waals surface area (Å²) >= 11 is 0. The summed E-state index contributed by atoms with van der Waals surface area (Å²) in [5.41, 5.74) is 0.774. The molecule has 98 valence electrons. The molecule has 5 nitrogen and oxygen atoms in total. The number of carbonyl (C=O) groups is 1. The van der Waals surface area contributed by atoms with E-state index >= 15 is 0 Å². The van der Waals surface area contributed by atoms with Crippen LogP contribution in [-0.4, -0.2) is 26.6 Å². The number of benzene rings is 1. The highest BCUT2D eigenvalue weighted by molar-refractivity contribution is 7.92. The lowest BCUT2D eigenvalue weighted by Crippen LogP contribution is -2.23. The van der Waals surface area contributed by atoms with Crippen LogP contribution in [0.5, 0.6) is 0 Å². The lowest BCUT2D eigenvalue weighted by atomic mass is 10.2. The van der Waals surface area contributed by atoms with Crippen LogP contribution >= 0.6 is 0 Å². The molecule has 0 aliphatic heterocycles. The van der Waals surface area contributed by atoms with E-state index in [9.17, 15) is 13.2 Å². The normalized spacial score (nSPS) is 10.7. The van der Waals surface area contributed by atoms with Crippen molar-refractivity contribution in [1.82, 2.24) is 5.32 Å². The van der Waals surface area contributed by atoms with Crippen LogP contribution in [0.1, 0.15) is 17.3 Å². The van der Waals surface area contributed by atoms with Crippen molar-refractivity contribution < 1.29 is 13.2 Å². The highest BCUT2D eigenvalue weighted by Crippen LogP contribution is 2.12. The van der Waals surface area contributed by atoms with E-state index in [-0.39, 0.29) is 11.7 Å². The minimum atomic E-state index is -3.33. The zero-order valence-electron chi connectivity index (χ0n) is 10.1. The maximum atomic E-state index is 11.7. The van der Waals surface area contributed by atoms with Crippen LogP contribution in [-0.2, 0) is 10.0 Å². The number of hydrogen-bond acceptors (Lipinski definition) is 3. The van der Waals surface area contributed by atoms with Gasteiger partial charge in [0.2, 0.25) is 10.0 Å². The van der Waals surface area contributed by atoms with Crippen molar-refractivity contribution in [2.75, 3.05) is 17.0 Å². The molecule has 0 saturated carbocycles. The Balaban J connectivity index is 2.86. The second-order valence-corrected chi connectivity index (χ2v) is 5.60. The Hall–Kier alpha value is -1.82. The topological polar surface area (TPSA) is 75.3 Å². The fourth-order valence-electron chi connectivity index (χ4n) is 1.24. The molecule has 0 aliphatic carbocycles. The van der Waals surface area contributed by atoms with Crippen molar-refractivity contribution in [2.45, 2.75) is 6.92 Å². The molecule has 1 rings (SSSR count). The molecule has 1 amide bonds. The highest BCUT2D eigenvalue weighted by Gasteiger charge is 2.09. The van der Waals surface area contributed by atoms with Crippen molar-refractivity contribution >= 4 is 21.6 Å². The summed E-state index contributed by atoms with van der Waals surface area (Å²) in [5.74, 6) is -0.285. The van der Waals surface area contributed by atoms with Gasteiger partial charge in [0.1, 0.15) is 0 Å². The van der Waals surface area contributed by atoms with Gasteiger partial charge in [0, 0.05) is 17.8 Å². The maximum Gasteiger partial charge on any atom is 0.251 e. The van der Waals surface area contributed by atoms with Gasteiger partial charge in [-0.15, -0.1) is 6.58 Å². The quantitative estimate of drug-likeness (QED) is 0.765. The molecule has 0 spiro atoms. The average molecular weight is 268 g/mol. The van der Waals surface area contributed by atoms with E-state index in [4.69, 9.17) is 0 Å². The molecule has 1 aromatic rings. The van der Waals surface area contributed by atoms with Gasteiger partial charge < -0.3 is 5.32 Å². The molecule has 2 N–H and O–H groups in total. The van der Waals surface area contributed by atoms with Gasteiger partial charge >= 0.3 is 0 Å². The van der Waals surface area contributed by atoms with Crippen LogP contribution in [0.15, 0.2) is 36.9 Å². The maximum absolute atomic E-state index is 11.7. The zero-order chi connectivity index (χ0) is 13.6. The predicted molar refractivity (Wildman–Crippen MR) is 72.1 cm³/mol. The highest BCUT2D eigenvalue weighted by atomic mass is 32.2. The number of rotatable bonds is 6. The summed E-state index contributed by atoms with van der Waals surface area (Å²) in [6, 6.07) is 6.32. The fraction of sp³-hybridized carbons (Fsp3) is 0.250. The van der Waals surface area contributed by atoms with Crippen LogP contribution in [0.25, 0.3) is 0 Å². The summed E-state index contributed by atoms with van der Waals surface area (Å²) in [6.45, 7) is 5.41. The summed E-state index contributed by atoms with van der Waals surface area (Å²) in [5, 5.41) is 2.62. The van der Waals surface area contributed by atoms with Gasteiger partial charge in [-0.2, -0.15) is 0 Å². The largest absolute Gasteiger partial charge is 0.349 e. The smallest absolute Gasteiger partial charge is 0.251 e. The number of carbonyl (C=O) groups excluding carboxylic acids is 1. The van der Waals surface area contributed by atoms with Gasteiger partial charge in [0.15, 0.2) is 0 Å². The molecule has 0 bridgehead atoms. The first kappa shape index (κ1) is 14.2. The zero-order valence-corrected chi connectivity index (χ0v) is 11.0. The number of amides is 1. The standard InChI is InChI=1S/C12H16N2O3S/c1-3-8-13-12(15)10-6-5-7-11(9-10)14-18(16,17)4-2/h3,5-7,9,14H,1,4,8H2,2H3,(H,13,15). The summed E-state index contributed by atoms with van der Waals surface area (Å²) in [7, 11) is -3.33. The monoisotopic (exact) mass is 268 g/mol. The van der Waals surface area contributed by atoms with Crippen LogP contribution < -0.4 is 10.0 Å². The van der Waals surface area contributed by atoms with Gasteiger partial charge in [-0.25, -0.2) is 8.42 Å². The van der Waals surface area contributed by atoms with E-state index < -0.39 is 10.0 Å². The molecule has 6 heteroatoms. The number of nitrogens with one attached hydrogen (secondary N) is 2.